The Balaban J connectivity index is 2.04. The van der Waals surface area contributed by atoms with Crippen LogP contribution in [0.25, 0.3) is 0 Å². The van der Waals surface area contributed by atoms with Crippen molar-refractivity contribution in [1.82, 2.24) is 4.98 Å². The molecule has 1 N–H and O–H groups in total. The maximum Gasteiger partial charge on any atom is 0.0957 e. The van der Waals surface area contributed by atoms with Gasteiger partial charge in [0.05, 0.1) is 23.7 Å². The van der Waals surface area contributed by atoms with Crippen LogP contribution in [0.5, 0.6) is 0 Å². The van der Waals surface area contributed by atoms with Crippen LogP contribution in [-0.4, -0.2) is 23.2 Å². The Morgan fingerprint density at radius 3 is 2.89 bits per heavy atom. The summed E-state index contributed by atoms with van der Waals surface area (Å²) in [5.74, 6) is 0.819. The van der Waals surface area contributed by atoms with E-state index in [2.05, 4.69) is 22.9 Å². The van der Waals surface area contributed by atoms with Crippen molar-refractivity contribution >= 4 is 5.69 Å². The van der Waals surface area contributed by atoms with E-state index in [1.165, 1.54) is 24.9 Å². The molecular formula is C15H24N2O. The number of anilines is 1. The molecule has 0 aromatic carbocycles. The zero-order chi connectivity index (χ0) is 13.0. The first-order valence-electron chi connectivity index (χ1n) is 7.13. The molecule has 2 rings (SSSR count). The minimum atomic E-state index is -0.427. The lowest BCUT2D eigenvalue weighted by Crippen LogP contribution is -2.35. The Morgan fingerprint density at radius 1 is 1.44 bits per heavy atom. The van der Waals surface area contributed by atoms with Gasteiger partial charge in [-0.25, -0.2) is 0 Å². The van der Waals surface area contributed by atoms with E-state index in [9.17, 15) is 5.11 Å². The quantitative estimate of drug-likeness (QED) is 0.889. The molecule has 3 nitrogen and oxygen atoms in total. The third-order valence-electron chi connectivity index (χ3n) is 3.96. The molecule has 0 radical (unpaired) electrons. The summed E-state index contributed by atoms with van der Waals surface area (Å²) in [7, 11) is 0. The molecule has 1 aromatic rings. The number of aliphatic hydroxyl groups excluding tert-OH is 1. The summed E-state index contributed by atoms with van der Waals surface area (Å²) in [5, 5.41) is 9.73. The summed E-state index contributed by atoms with van der Waals surface area (Å²) < 4.78 is 0. The fraction of sp³-hybridized carbons (Fsp3) is 0.667. The molecule has 0 aliphatic carbocycles. The van der Waals surface area contributed by atoms with Gasteiger partial charge in [-0.15, -0.1) is 0 Å². The van der Waals surface area contributed by atoms with Crippen LogP contribution in [0.15, 0.2) is 18.3 Å². The van der Waals surface area contributed by atoms with Gasteiger partial charge in [0.15, 0.2) is 0 Å². The maximum atomic E-state index is 9.73. The Hall–Kier alpha value is -1.09. The Kier molecular flexibility index (Phi) is 4.59. The summed E-state index contributed by atoms with van der Waals surface area (Å²) in [6, 6.07) is 4.05. The maximum absolute atomic E-state index is 9.73. The minimum Gasteiger partial charge on any atom is -0.387 e. The number of nitrogens with zero attached hydrogens (tertiary/aromatic N) is 2. The average Bonchev–Trinajstić information content (AvgIpc) is 2.46. The Morgan fingerprint density at radius 2 is 2.28 bits per heavy atom. The zero-order valence-corrected chi connectivity index (χ0v) is 11.5. The van der Waals surface area contributed by atoms with Crippen molar-refractivity contribution in [3.05, 3.63) is 24.0 Å². The highest BCUT2D eigenvalue weighted by molar-refractivity contribution is 5.45. The van der Waals surface area contributed by atoms with Gasteiger partial charge in [-0.3, -0.25) is 4.98 Å². The van der Waals surface area contributed by atoms with Gasteiger partial charge in [0, 0.05) is 13.1 Å². The zero-order valence-electron chi connectivity index (χ0n) is 11.5. The fourth-order valence-electron chi connectivity index (χ4n) is 2.62. The summed E-state index contributed by atoms with van der Waals surface area (Å²) in [6.45, 7) is 6.52. The lowest BCUT2D eigenvalue weighted by molar-refractivity contribution is 0.169. The molecule has 0 amide bonds. The topological polar surface area (TPSA) is 36.4 Å². The van der Waals surface area contributed by atoms with Crippen molar-refractivity contribution in [2.45, 2.75) is 45.6 Å². The molecule has 0 bridgehead atoms. The molecule has 1 aliphatic rings. The van der Waals surface area contributed by atoms with Crippen LogP contribution in [0, 0.1) is 5.92 Å². The van der Waals surface area contributed by atoms with Gasteiger partial charge in [0.2, 0.25) is 0 Å². The van der Waals surface area contributed by atoms with Crippen LogP contribution in [0.2, 0.25) is 0 Å². The van der Waals surface area contributed by atoms with E-state index in [4.69, 9.17) is 0 Å². The first-order chi connectivity index (χ1) is 8.74. The lowest BCUT2D eigenvalue weighted by Gasteiger charge is -2.33. The molecule has 1 aromatic heterocycles. The van der Waals surface area contributed by atoms with E-state index in [1.807, 2.05) is 19.2 Å². The highest BCUT2D eigenvalue weighted by Gasteiger charge is 2.19. The molecule has 1 saturated heterocycles. The smallest absolute Gasteiger partial charge is 0.0957 e. The predicted molar refractivity (Wildman–Crippen MR) is 74.7 cm³/mol. The molecule has 2 unspecified atom stereocenters. The van der Waals surface area contributed by atoms with E-state index in [0.717, 1.165) is 24.7 Å². The molecule has 1 aliphatic heterocycles. The largest absolute Gasteiger partial charge is 0.387 e. The van der Waals surface area contributed by atoms with Crippen molar-refractivity contribution in [1.29, 1.82) is 0 Å². The molecular weight excluding hydrogens is 224 g/mol. The predicted octanol–water partition coefficient (Wildman–Crippen LogP) is 3.15. The first kappa shape index (κ1) is 13.3. The normalized spacial score (nSPS) is 21.9. The molecule has 0 spiro atoms. The fourth-order valence-corrected chi connectivity index (χ4v) is 2.62. The lowest BCUT2D eigenvalue weighted by atomic mass is 9.95. The highest BCUT2D eigenvalue weighted by atomic mass is 16.3. The molecule has 2 heterocycles. The number of hydrogen-bond donors (Lipinski definition) is 1. The average molecular weight is 248 g/mol. The van der Waals surface area contributed by atoms with Crippen molar-refractivity contribution in [2.75, 3.05) is 18.0 Å². The minimum absolute atomic E-state index is 0.427. The van der Waals surface area contributed by atoms with Crippen molar-refractivity contribution in [3.8, 4) is 0 Å². The highest BCUT2D eigenvalue weighted by Crippen LogP contribution is 2.25. The van der Waals surface area contributed by atoms with Gasteiger partial charge in [0.1, 0.15) is 0 Å². The second-order valence-electron chi connectivity index (χ2n) is 5.23. The first-order valence-corrected chi connectivity index (χ1v) is 7.13. The molecule has 2 atom stereocenters. The van der Waals surface area contributed by atoms with Crippen LogP contribution in [0.1, 0.15) is 51.3 Å². The van der Waals surface area contributed by atoms with E-state index >= 15 is 0 Å². The van der Waals surface area contributed by atoms with Crippen molar-refractivity contribution in [2.24, 2.45) is 5.92 Å². The van der Waals surface area contributed by atoms with Gasteiger partial charge < -0.3 is 10.0 Å². The van der Waals surface area contributed by atoms with E-state index < -0.39 is 6.10 Å². The number of hydrogen-bond acceptors (Lipinski definition) is 3. The monoisotopic (exact) mass is 248 g/mol. The second-order valence-corrected chi connectivity index (χ2v) is 5.23. The number of rotatable bonds is 4. The summed E-state index contributed by atoms with van der Waals surface area (Å²) in [6.07, 6.45) is 6.09. The van der Waals surface area contributed by atoms with Crippen molar-refractivity contribution in [3.63, 3.8) is 0 Å². The van der Waals surface area contributed by atoms with Gasteiger partial charge in [-0.2, -0.15) is 0 Å². The number of aromatic nitrogens is 1. The Bertz CT molecular complexity index is 363. The van der Waals surface area contributed by atoms with Gasteiger partial charge in [-0.1, -0.05) is 20.3 Å². The SMILES string of the molecule is CCC1CCCN(c2ccc(C(O)CC)nc2)C1. The molecule has 100 valence electrons. The summed E-state index contributed by atoms with van der Waals surface area (Å²) in [4.78, 5) is 6.81. The molecule has 1 fully saturated rings. The number of piperidine rings is 1. The Labute approximate surface area is 110 Å². The summed E-state index contributed by atoms with van der Waals surface area (Å²) in [5.41, 5.74) is 1.98. The second kappa shape index (κ2) is 6.19. The van der Waals surface area contributed by atoms with Gasteiger partial charge in [-0.05, 0) is 37.3 Å². The molecule has 0 saturated carbocycles. The van der Waals surface area contributed by atoms with Gasteiger partial charge in [0.25, 0.3) is 0 Å². The third-order valence-corrected chi connectivity index (χ3v) is 3.96. The van der Waals surface area contributed by atoms with Crippen LogP contribution < -0.4 is 4.90 Å². The standard InChI is InChI=1S/C15H24N2O/c1-3-12-6-5-9-17(11-12)13-7-8-14(16-10-13)15(18)4-2/h7-8,10,12,15,18H,3-6,9,11H2,1-2H3. The van der Waals surface area contributed by atoms with Crippen molar-refractivity contribution < 1.29 is 5.11 Å². The van der Waals surface area contributed by atoms with E-state index in [1.54, 1.807) is 0 Å². The van der Waals surface area contributed by atoms with Crippen LogP contribution in [-0.2, 0) is 0 Å². The number of pyridine rings is 1. The van der Waals surface area contributed by atoms with E-state index in [0.29, 0.717) is 6.42 Å². The van der Waals surface area contributed by atoms with E-state index in [-0.39, 0.29) is 0 Å². The molecule has 3 heteroatoms. The number of aliphatic hydroxyl groups is 1. The summed E-state index contributed by atoms with van der Waals surface area (Å²) >= 11 is 0. The third kappa shape index (κ3) is 3.02. The van der Waals surface area contributed by atoms with Crippen LogP contribution >= 0.6 is 0 Å². The van der Waals surface area contributed by atoms with Crippen LogP contribution in [0.3, 0.4) is 0 Å². The molecule has 18 heavy (non-hydrogen) atoms. The van der Waals surface area contributed by atoms with Crippen LogP contribution in [0.4, 0.5) is 5.69 Å². The van der Waals surface area contributed by atoms with Gasteiger partial charge >= 0.3 is 0 Å².